The average Bonchev–Trinajstić information content (AvgIpc) is 2.29. The number of benzene rings is 1. The summed E-state index contributed by atoms with van der Waals surface area (Å²) < 4.78 is 5.58. The van der Waals surface area contributed by atoms with Crippen molar-refractivity contribution in [3.63, 3.8) is 0 Å². The Kier molecular flexibility index (Phi) is 5.86. The van der Waals surface area contributed by atoms with Gasteiger partial charge in [-0.1, -0.05) is 25.1 Å². The van der Waals surface area contributed by atoms with E-state index >= 15 is 0 Å². The molecule has 0 heterocycles. The molecule has 0 aliphatic heterocycles. The molecule has 1 rings (SSSR count). The van der Waals surface area contributed by atoms with Gasteiger partial charge in [-0.2, -0.15) is 0 Å². The van der Waals surface area contributed by atoms with Crippen LogP contribution in [0.4, 0.5) is 0 Å². The number of hydrogen-bond acceptors (Lipinski definition) is 2. The van der Waals surface area contributed by atoms with Crippen molar-refractivity contribution in [1.82, 2.24) is 0 Å². The second kappa shape index (κ2) is 7.30. The van der Waals surface area contributed by atoms with Crippen molar-refractivity contribution in [3.05, 3.63) is 30.3 Å². The van der Waals surface area contributed by atoms with Gasteiger partial charge in [0.25, 0.3) is 0 Å². The molecule has 0 aromatic heterocycles. The highest BCUT2D eigenvalue weighted by atomic mass is 16.5. The van der Waals surface area contributed by atoms with Gasteiger partial charge in [-0.25, -0.2) is 0 Å². The van der Waals surface area contributed by atoms with Crippen LogP contribution in [0.5, 0.6) is 5.75 Å². The Morgan fingerprint density at radius 3 is 2.60 bits per heavy atom. The number of hydrogen-bond donors (Lipinski definition) is 1. The first-order valence-corrected chi connectivity index (χ1v) is 5.76. The van der Waals surface area contributed by atoms with Gasteiger partial charge in [0.05, 0.1) is 6.61 Å². The van der Waals surface area contributed by atoms with Gasteiger partial charge < -0.3 is 10.5 Å². The lowest BCUT2D eigenvalue weighted by atomic mass is 10.1. The van der Waals surface area contributed by atoms with Crippen LogP contribution >= 0.6 is 0 Å². The van der Waals surface area contributed by atoms with Crippen LogP contribution in [0, 0.1) is 0 Å². The molecule has 2 heteroatoms. The topological polar surface area (TPSA) is 35.2 Å². The quantitative estimate of drug-likeness (QED) is 0.698. The van der Waals surface area contributed by atoms with Gasteiger partial charge in [0.15, 0.2) is 0 Å². The van der Waals surface area contributed by atoms with Gasteiger partial charge in [0, 0.05) is 6.04 Å². The van der Waals surface area contributed by atoms with Crippen LogP contribution in [-0.2, 0) is 0 Å². The molecule has 84 valence electrons. The van der Waals surface area contributed by atoms with E-state index in [1.54, 1.807) is 0 Å². The molecule has 0 aliphatic rings. The number of para-hydroxylation sites is 1. The van der Waals surface area contributed by atoms with Crippen LogP contribution in [0.3, 0.4) is 0 Å². The van der Waals surface area contributed by atoms with E-state index in [2.05, 4.69) is 6.92 Å². The fourth-order valence-corrected chi connectivity index (χ4v) is 1.42. The summed E-state index contributed by atoms with van der Waals surface area (Å²) >= 11 is 0. The third-order valence-corrected chi connectivity index (χ3v) is 2.51. The Labute approximate surface area is 92.4 Å². The molecule has 1 atom stereocenters. The lowest BCUT2D eigenvalue weighted by molar-refractivity contribution is 0.303. The zero-order chi connectivity index (χ0) is 10.9. The van der Waals surface area contributed by atoms with Crippen molar-refractivity contribution in [2.45, 2.75) is 38.6 Å². The largest absolute Gasteiger partial charge is 0.494 e. The summed E-state index contributed by atoms with van der Waals surface area (Å²) in [5.74, 6) is 0.956. The monoisotopic (exact) mass is 207 g/mol. The lowest BCUT2D eigenvalue weighted by Crippen LogP contribution is -2.18. The van der Waals surface area contributed by atoms with Crippen LogP contribution in [0.25, 0.3) is 0 Å². The van der Waals surface area contributed by atoms with Crippen molar-refractivity contribution in [2.75, 3.05) is 6.61 Å². The molecule has 0 radical (unpaired) electrons. The van der Waals surface area contributed by atoms with E-state index in [0.29, 0.717) is 6.04 Å². The molecule has 0 amide bonds. The summed E-state index contributed by atoms with van der Waals surface area (Å²) in [4.78, 5) is 0. The minimum absolute atomic E-state index is 0.363. The molecule has 15 heavy (non-hydrogen) atoms. The lowest BCUT2D eigenvalue weighted by Gasteiger charge is -2.08. The molecule has 2 nitrogen and oxygen atoms in total. The van der Waals surface area contributed by atoms with E-state index in [1.807, 2.05) is 30.3 Å². The van der Waals surface area contributed by atoms with Gasteiger partial charge in [-0.3, -0.25) is 0 Å². The summed E-state index contributed by atoms with van der Waals surface area (Å²) in [5.41, 5.74) is 5.83. The van der Waals surface area contributed by atoms with Gasteiger partial charge >= 0.3 is 0 Å². The Bertz CT molecular complexity index is 248. The molecule has 0 fully saturated rings. The minimum atomic E-state index is 0.363. The van der Waals surface area contributed by atoms with Crippen molar-refractivity contribution in [3.8, 4) is 5.75 Å². The Morgan fingerprint density at radius 1 is 1.20 bits per heavy atom. The van der Waals surface area contributed by atoms with E-state index < -0.39 is 0 Å². The van der Waals surface area contributed by atoms with E-state index in [0.717, 1.165) is 38.0 Å². The molecule has 0 bridgehead atoms. The number of ether oxygens (including phenoxy) is 1. The molecule has 0 spiro atoms. The van der Waals surface area contributed by atoms with Gasteiger partial charge in [0.1, 0.15) is 5.75 Å². The summed E-state index contributed by atoms with van der Waals surface area (Å²) in [6, 6.07) is 10.3. The smallest absolute Gasteiger partial charge is 0.119 e. The fraction of sp³-hybridized carbons (Fsp3) is 0.538. The molecule has 0 saturated heterocycles. The molecule has 1 aromatic rings. The zero-order valence-electron chi connectivity index (χ0n) is 9.49. The summed E-state index contributed by atoms with van der Waals surface area (Å²) in [6.45, 7) is 2.92. The van der Waals surface area contributed by atoms with Crippen LogP contribution in [0.2, 0.25) is 0 Å². The highest BCUT2D eigenvalue weighted by molar-refractivity contribution is 5.20. The molecular weight excluding hydrogens is 186 g/mol. The Hall–Kier alpha value is -1.02. The first-order valence-electron chi connectivity index (χ1n) is 5.76. The molecule has 0 saturated carbocycles. The molecule has 1 aromatic carbocycles. The molecule has 0 aliphatic carbocycles. The van der Waals surface area contributed by atoms with Gasteiger partial charge in [-0.15, -0.1) is 0 Å². The summed E-state index contributed by atoms with van der Waals surface area (Å²) in [7, 11) is 0. The maximum absolute atomic E-state index is 5.83. The summed E-state index contributed by atoms with van der Waals surface area (Å²) in [5, 5.41) is 0. The second-order valence-electron chi connectivity index (χ2n) is 3.83. The van der Waals surface area contributed by atoms with Crippen molar-refractivity contribution < 1.29 is 4.74 Å². The third-order valence-electron chi connectivity index (χ3n) is 2.51. The van der Waals surface area contributed by atoms with Crippen molar-refractivity contribution >= 4 is 0 Å². The maximum atomic E-state index is 5.83. The van der Waals surface area contributed by atoms with Gasteiger partial charge in [-0.05, 0) is 37.8 Å². The van der Waals surface area contributed by atoms with Crippen molar-refractivity contribution in [1.29, 1.82) is 0 Å². The molecule has 1 unspecified atom stereocenters. The number of nitrogens with two attached hydrogens (primary N) is 1. The van der Waals surface area contributed by atoms with E-state index in [9.17, 15) is 0 Å². The Balaban J connectivity index is 2.03. The van der Waals surface area contributed by atoms with Crippen molar-refractivity contribution in [2.24, 2.45) is 5.73 Å². The first kappa shape index (κ1) is 12.1. The Morgan fingerprint density at radius 2 is 1.93 bits per heavy atom. The van der Waals surface area contributed by atoms with Crippen LogP contribution in [0.1, 0.15) is 32.6 Å². The second-order valence-corrected chi connectivity index (χ2v) is 3.83. The zero-order valence-corrected chi connectivity index (χ0v) is 9.49. The number of unbranched alkanes of at least 4 members (excludes halogenated alkanes) is 1. The fourth-order valence-electron chi connectivity index (χ4n) is 1.42. The summed E-state index contributed by atoms with van der Waals surface area (Å²) in [6.07, 6.45) is 4.42. The highest BCUT2D eigenvalue weighted by Gasteiger charge is 1.98. The van der Waals surface area contributed by atoms with Crippen LogP contribution in [-0.4, -0.2) is 12.6 Å². The van der Waals surface area contributed by atoms with Crippen LogP contribution in [0.15, 0.2) is 30.3 Å². The predicted octanol–water partition coefficient (Wildman–Crippen LogP) is 2.97. The first-order chi connectivity index (χ1) is 7.33. The van der Waals surface area contributed by atoms with Crippen LogP contribution < -0.4 is 10.5 Å². The maximum Gasteiger partial charge on any atom is 0.119 e. The standard InChI is InChI=1S/C13H21NO/c1-2-12(14)8-6-7-11-15-13-9-4-3-5-10-13/h3-5,9-10,12H,2,6-8,11,14H2,1H3. The molecule has 2 N–H and O–H groups in total. The highest BCUT2D eigenvalue weighted by Crippen LogP contribution is 2.09. The van der Waals surface area contributed by atoms with E-state index in [-0.39, 0.29) is 0 Å². The van der Waals surface area contributed by atoms with Gasteiger partial charge in [0.2, 0.25) is 0 Å². The predicted molar refractivity (Wildman–Crippen MR) is 64.1 cm³/mol. The van der Waals surface area contributed by atoms with E-state index in [1.165, 1.54) is 0 Å². The number of rotatable bonds is 7. The minimum Gasteiger partial charge on any atom is -0.494 e. The normalized spacial score (nSPS) is 12.4. The average molecular weight is 207 g/mol. The SMILES string of the molecule is CCC(N)CCCCOc1ccccc1. The molecular formula is C13H21NO. The third kappa shape index (κ3) is 5.43. The van der Waals surface area contributed by atoms with E-state index in [4.69, 9.17) is 10.5 Å².